The molecule has 2 aliphatic rings. The number of amides is 1. The monoisotopic (exact) mass is 463 g/mol. The Hall–Kier alpha value is -3.33. The van der Waals surface area contributed by atoms with Crippen molar-refractivity contribution < 1.29 is 9.18 Å². The minimum atomic E-state index is -0.515. The summed E-state index contributed by atoms with van der Waals surface area (Å²) in [6, 6.07) is 8.70. The second-order valence-electron chi connectivity index (χ2n) is 9.09. The van der Waals surface area contributed by atoms with Crippen LogP contribution in [0.4, 0.5) is 15.9 Å². The quantitative estimate of drug-likeness (QED) is 0.428. The van der Waals surface area contributed by atoms with Crippen molar-refractivity contribution in [2.24, 2.45) is 0 Å². The van der Waals surface area contributed by atoms with Gasteiger partial charge in [-0.15, -0.1) is 0 Å². The van der Waals surface area contributed by atoms with Gasteiger partial charge in [-0.3, -0.25) is 9.69 Å². The number of fused-ring (bicyclic) bond motifs is 1. The van der Waals surface area contributed by atoms with Crippen LogP contribution < -0.4 is 10.6 Å². The number of halogens is 1. The van der Waals surface area contributed by atoms with E-state index in [1.807, 2.05) is 23.1 Å². The van der Waals surface area contributed by atoms with E-state index < -0.39 is 5.95 Å². The molecule has 34 heavy (non-hydrogen) atoms. The molecule has 178 valence electrons. The summed E-state index contributed by atoms with van der Waals surface area (Å²) in [5, 5.41) is 7.45. The first-order valence-corrected chi connectivity index (χ1v) is 11.9. The van der Waals surface area contributed by atoms with E-state index in [-0.39, 0.29) is 0 Å². The van der Waals surface area contributed by atoms with E-state index >= 15 is 0 Å². The number of hydrogen-bond donors (Lipinski definition) is 2. The average molecular weight is 464 g/mol. The highest BCUT2D eigenvalue weighted by atomic mass is 19.1. The number of rotatable bonds is 6. The van der Waals surface area contributed by atoms with Crippen molar-refractivity contribution in [2.45, 2.75) is 37.8 Å². The normalized spacial score (nSPS) is 21.4. The molecule has 1 amide bonds. The van der Waals surface area contributed by atoms with Crippen LogP contribution >= 0.6 is 0 Å². The summed E-state index contributed by atoms with van der Waals surface area (Å²) in [7, 11) is 1.68. The van der Waals surface area contributed by atoms with Crippen molar-refractivity contribution in [1.29, 1.82) is 0 Å². The lowest BCUT2D eigenvalue weighted by Gasteiger charge is -2.41. The largest absolute Gasteiger partial charge is 0.384 e. The molecule has 9 heteroatoms. The molecule has 2 N–H and O–H groups in total. The highest BCUT2D eigenvalue weighted by molar-refractivity contribution is 5.92. The second kappa shape index (κ2) is 9.89. The van der Waals surface area contributed by atoms with Crippen LogP contribution in [-0.2, 0) is 4.79 Å². The molecule has 3 aromatic rings. The topological polar surface area (TPSA) is 86.3 Å². The predicted molar refractivity (Wildman–Crippen MR) is 131 cm³/mol. The standard InChI is InChI=1S/C25H30FN7O/c1-27-23-13-18(14-28-24(23)26)17-2-7-22-21(12-17)25(30-15-29-22)31-19-3-5-20(6-4-19)33-10-8-32(16-34)9-11-33/h2,7,12-16,19-20,27H,3-6,8-11H2,1H3,(H,29,30,31)/t19-,20-. The lowest BCUT2D eigenvalue weighted by Crippen LogP contribution is -2.51. The Bertz CT molecular complexity index is 1160. The number of carbonyl (C=O) groups is 1. The Labute approximate surface area is 198 Å². The Morgan fingerprint density at radius 1 is 1.00 bits per heavy atom. The summed E-state index contributed by atoms with van der Waals surface area (Å²) in [5.74, 6) is 0.317. The van der Waals surface area contributed by atoms with Gasteiger partial charge in [0, 0.05) is 62.5 Å². The van der Waals surface area contributed by atoms with Crippen LogP contribution in [0, 0.1) is 5.95 Å². The molecule has 1 aliphatic heterocycles. The molecule has 2 aromatic heterocycles. The van der Waals surface area contributed by atoms with Crippen molar-refractivity contribution >= 4 is 28.8 Å². The maximum absolute atomic E-state index is 13.8. The third-order valence-electron chi connectivity index (χ3n) is 7.13. The van der Waals surface area contributed by atoms with Crippen molar-refractivity contribution in [1.82, 2.24) is 24.8 Å². The Balaban J connectivity index is 1.29. The SMILES string of the molecule is CNc1cc(-c2ccc3ncnc(N[C@H]4CC[C@H](N5CCN(C=O)CC5)CC4)c3c2)cnc1F. The predicted octanol–water partition coefficient (Wildman–Crippen LogP) is 3.37. The van der Waals surface area contributed by atoms with Crippen molar-refractivity contribution in [2.75, 3.05) is 43.9 Å². The van der Waals surface area contributed by atoms with Gasteiger partial charge in [-0.05, 0) is 49.4 Å². The first kappa shape index (κ1) is 22.5. The van der Waals surface area contributed by atoms with Crippen LogP contribution in [0.2, 0.25) is 0 Å². The molecule has 0 unspecified atom stereocenters. The Morgan fingerprint density at radius 2 is 1.79 bits per heavy atom. The van der Waals surface area contributed by atoms with E-state index in [0.29, 0.717) is 17.8 Å². The Kier molecular flexibility index (Phi) is 6.53. The Morgan fingerprint density at radius 3 is 2.53 bits per heavy atom. The summed E-state index contributed by atoms with van der Waals surface area (Å²) in [6.45, 7) is 3.59. The second-order valence-corrected chi connectivity index (χ2v) is 9.09. The maximum atomic E-state index is 13.8. The van der Waals surface area contributed by atoms with Gasteiger partial charge in [0.15, 0.2) is 0 Å². The van der Waals surface area contributed by atoms with E-state index in [2.05, 4.69) is 30.5 Å². The molecular weight excluding hydrogens is 433 g/mol. The zero-order chi connectivity index (χ0) is 23.5. The third-order valence-corrected chi connectivity index (χ3v) is 7.13. The first-order valence-electron chi connectivity index (χ1n) is 11.9. The van der Waals surface area contributed by atoms with Gasteiger partial charge in [0.05, 0.1) is 11.2 Å². The smallest absolute Gasteiger partial charge is 0.236 e. The number of nitrogens with zero attached hydrogens (tertiary/aromatic N) is 5. The molecule has 0 bridgehead atoms. The number of nitrogens with one attached hydrogen (secondary N) is 2. The maximum Gasteiger partial charge on any atom is 0.236 e. The van der Waals surface area contributed by atoms with Gasteiger partial charge in [0.1, 0.15) is 12.1 Å². The molecule has 1 aliphatic carbocycles. The number of aromatic nitrogens is 3. The van der Waals surface area contributed by atoms with E-state index in [9.17, 15) is 9.18 Å². The molecule has 0 radical (unpaired) electrons. The van der Waals surface area contributed by atoms with Gasteiger partial charge >= 0.3 is 0 Å². The minimum absolute atomic E-state index is 0.359. The number of anilines is 2. The summed E-state index contributed by atoms with van der Waals surface area (Å²) < 4.78 is 13.8. The van der Waals surface area contributed by atoms with Crippen LogP contribution in [0.1, 0.15) is 25.7 Å². The molecule has 8 nitrogen and oxygen atoms in total. The number of pyridine rings is 1. The highest BCUT2D eigenvalue weighted by Crippen LogP contribution is 2.31. The molecule has 1 saturated carbocycles. The van der Waals surface area contributed by atoms with Crippen molar-refractivity contribution in [3.8, 4) is 11.1 Å². The summed E-state index contributed by atoms with van der Waals surface area (Å²) in [4.78, 5) is 28.2. The van der Waals surface area contributed by atoms with Gasteiger partial charge in [-0.25, -0.2) is 15.0 Å². The van der Waals surface area contributed by atoms with E-state index in [0.717, 1.165) is 86.1 Å². The molecule has 0 atom stereocenters. The average Bonchev–Trinajstić information content (AvgIpc) is 2.89. The van der Waals surface area contributed by atoms with Crippen LogP contribution in [-0.4, -0.2) is 76.5 Å². The molecular formula is C25H30FN7O. The molecule has 3 heterocycles. The van der Waals surface area contributed by atoms with Crippen LogP contribution in [0.15, 0.2) is 36.8 Å². The van der Waals surface area contributed by atoms with Crippen LogP contribution in [0.5, 0.6) is 0 Å². The van der Waals surface area contributed by atoms with E-state index in [4.69, 9.17) is 0 Å². The number of benzene rings is 1. The fraction of sp³-hybridized carbons (Fsp3) is 0.440. The fourth-order valence-corrected chi connectivity index (χ4v) is 5.12. The zero-order valence-corrected chi connectivity index (χ0v) is 19.4. The fourth-order valence-electron chi connectivity index (χ4n) is 5.12. The number of hydrogen-bond acceptors (Lipinski definition) is 7. The molecule has 2 fully saturated rings. The highest BCUT2D eigenvalue weighted by Gasteiger charge is 2.28. The summed E-state index contributed by atoms with van der Waals surface area (Å²) >= 11 is 0. The van der Waals surface area contributed by atoms with E-state index in [1.165, 1.54) is 0 Å². The number of piperazine rings is 1. The van der Waals surface area contributed by atoms with Gasteiger partial charge < -0.3 is 15.5 Å². The molecule has 1 aromatic carbocycles. The van der Waals surface area contributed by atoms with Crippen LogP contribution in [0.3, 0.4) is 0 Å². The first-order chi connectivity index (χ1) is 16.6. The van der Waals surface area contributed by atoms with Crippen LogP contribution in [0.25, 0.3) is 22.0 Å². The molecule has 0 spiro atoms. The van der Waals surface area contributed by atoms with Crippen molar-refractivity contribution in [3.05, 3.63) is 42.7 Å². The lowest BCUT2D eigenvalue weighted by molar-refractivity contribution is -0.120. The van der Waals surface area contributed by atoms with Gasteiger partial charge in [0.25, 0.3) is 0 Å². The van der Waals surface area contributed by atoms with E-state index in [1.54, 1.807) is 25.6 Å². The lowest BCUT2D eigenvalue weighted by atomic mass is 9.89. The number of carbonyl (C=O) groups excluding carboxylic acids is 1. The zero-order valence-electron chi connectivity index (χ0n) is 19.4. The summed E-state index contributed by atoms with van der Waals surface area (Å²) in [6.07, 6.45) is 8.55. The third kappa shape index (κ3) is 4.65. The van der Waals surface area contributed by atoms with Gasteiger partial charge in [-0.1, -0.05) is 6.07 Å². The van der Waals surface area contributed by atoms with Crippen molar-refractivity contribution in [3.63, 3.8) is 0 Å². The van der Waals surface area contributed by atoms with Gasteiger partial charge in [-0.2, -0.15) is 4.39 Å². The minimum Gasteiger partial charge on any atom is -0.384 e. The molecule has 1 saturated heterocycles. The van der Waals surface area contributed by atoms with Gasteiger partial charge in [0.2, 0.25) is 12.4 Å². The summed E-state index contributed by atoms with van der Waals surface area (Å²) in [5.41, 5.74) is 3.00. The molecule has 5 rings (SSSR count).